The summed E-state index contributed by atoms with van der Waals surface area (Å²) in [6, 6.07) is 10.3. The number of carbonyl (C=O) groups excluding carboxylic acids is 1. The fourth-order valence-electron chi connectivity index (χ4n) is 3.92. The number of piperazine rings is 1. The predicted octanol–water partition coefficient (Wildman–Crippen LogP) is 2.75. The maximum atomic E-state index is 12.7. The van der Waals surface area contributed by atoms with Crippen molar-refractivity contribution in [3.05, 3.63) is 35.9 Å². The number of rotatable bonds is 3. The van der Waals surface area contributed by atoms with Crippen LogP contribution in [0, 0.1) is 0 Å². The van der Waals surface area contributed by atoms with Crippen molar-refractivity contribution in [2.24, 2.45) is 0 Å². The van der Waals surface area contributed by atoms with E-state index in [9.17, 15) is 4.79 Å². The molecule has 1 aliphatic heterocycles. The van der Waals surface area contributed by atoms with Crippen LogP contribution in [0.1, 0.15) is 44.1 Å². The molecule has 21 heavy (non-hydrogen) atoms. The molecule has 0 bridgehead atoms. The molecule has 1 amide bonds. The molecule has 0 radical (unpaired) electrons. The number of aryl methyl sites for hydroxylation is 1. The van der Waals surface area contributed by atoms with Crippen molar-refractivity contribution in [1.82, 2.24) is 10.2 Å². The molecule has 1 saturated heterocycles. The van der Waals surface area contributed by atoms with Crippen LogP contribution in [-0.2, 0) is 11.2 Å². The molecule has 1 N–H and O–H groups in total. The molecule has 3 heteroatoms. The second kappa shape index (κ2) is 6.61. The SMILES string of the molecule is O=C(CCc1ccccc1)N1CCNCC12CCCCC2. The molecule has 1 heterocycles. The van der Waals surface area contributed by atoms with Crippen LogP contribution in [0.25, 0.3) is 0 Å². The summed E-state index contributed by atoms with van der Waals surface area (Å²) in [5, 5.41) is 3.51. The zero-order valence-corrected chi connectivity index (χ0v) is 12.8. The fourth-order valence-corrected chi connectivity index (χ4v) is 3.92. The van der Waals surface area contributed by atoms with E-state index in [1.54, 1.807) is 0 Å². The Balaban J connectivity index is 1.64. The summed E-state index contributed by atoms with van der Waals surface area (Å²) in [6.45, 7) is 2.82. The molecular weight excluding hydrogens is 260 g/mol. The van der Waals surface area contributed by atoms with Crippen LogP contribution in [0.3, 0.4) is 0 Å². The van der Waals surface area contributed by atoms with Crippen molar-refractivity contribution < 1.29 is 4.79 Å². The molecule has 3 rings (SSSR count). The Hall–Kier alpha value is -1.35. The van der Waals surface area contributed by atoms with E-state index in [-0.39, 0.29) is 5.54 Å². The molecule has 0 atom stereocenters. The van der Waals surface area contributed by atoms with Gasteiger partial charge in [-0.2, -0.15) is 0 Å². The maximum Gasteiger partial charge on any atom is 0.223 e. The van der Waals surface area contributed by atoms with Gasteiger partial charge in [0.1, 0.15) is 0 Å². The van der Waals surface area contributed by atoms with Gasteiger partial charge in [0.15, 0.2) is 0 Å². The lowest BCUT2D eigenvalue weighted by molar-refractivity contribution is -0.140. The van der Waals surface area contributed by atoms with Gasteiger partial charge >= 0.3 is 0 Å². The first-order valence-electron chi connectivity index (χ1n) is 8.35. The quantitative estimate of drug-likeness (QED) is 0.926. The topological polar surface area (TPSA) is 32.3 Å². The second-order valence-electron chi connectivity index (χ2n) is 6.49. The Morgan fingerprint density at radius 1 is 1.14 bits per heavy atom. The van der Waals surface area contributed by atoms with Gasteiger partial charge in [-0.15, -0.1) is 0 Å². The van der Waals surface area contributed by atoms with Gasteiger partial charge in [0.25, 0.3) is 0 Å². The predicted molar refractivity (Wildman–Crippen MR) is 85.2 cm³/mol. The highest BCUT2D eigenvalue weighted by atomic mass is 16.2. The van der Waals surface area contributed by atoms with Gasteiger partial charge in [0.2, 0.25) is 5.91 Å². The van der Waals surface area contributed by atoms with Crippen molar-refractivity contribution in [1.29, 1.82) is 0 Å². The molecule has 1 saturated carbocycles. The van der Waals surface area contributed by atoms with E-state index in [1.165, 1.54) is 37.7 Å². The summed E-state index contributed by atoms with van der Waals surface area (Å²) in [4.78, 5) is 15.0. The molecule has 1 spiro atoms. The van der Waals surface area contributed by atoms with E-state index in [0.29, 0.717) is 12.3 Å². The van der Waals surface area contributed by atoms with Crippen LogP contribution in [0.5, 0.6) is 0 Å². The van der Waals surface area contributed by atoms with Crippen molar-refractivity contribution >= 4 is 5.91 Å². The lowest BCUT2D eigenvalue weighted by Crippen LogP contribution is -2.63. The number of hydrogen-bond acceptors (Lipinski definition) is 2. The Morgan fingerprint density at radius 2 is 1.90 bits per heavy atom. The Morgan fingerprint density at radius 3 is 2.67 bits per heavy atom. The normalized spacial score (nSPS) is 21.4. The van der Waals surface area contributed by atoms with Gasteiger partial charge in [-0.3, -0.25) is 4.79 Å². The first-order chi connectivity index (χ1) is 10.3. The van der Waals surface area contributed by atoms with Gasteiger partial charge in [-0.05, 0) is 24.8 Å². The third-order valence-electron chi connectivity index (χ3n) is 5.09. The summed E-state index contributed by atoms with van der Waals surface area (Å²) in [7, 11) is 0. The average molecular weight is 286 g/mol. The van der Waals surface area contributed by atoms with E-state index in [1.807, 2.05) is 18.2 Å². The minimum absolute atomic E-state index is 0.115. The van der Waals surface area contributed by atoms with E-state index in [4.69, 9.17) is 0 Å². The third kappa shape index (κ3) is 3.29. The molecule has 1 aromatic carbocycles. The highest BCUT2D eigenvalue weighted by Crippen LogP contribution is 2.35. The smallest absolute Gasteiger partial charge is 0.223 e. The summed E-state index contributed by atoms with van der Waals surface area (Å²) >= 11 is 0. The summed E-state index contributed by atoms with van der Waals surface area (Å²) in [6.07, 6.45) is 7.72. The molecule has 114 valence electrons. The Labute approximate surface area is 127 Å². The molecule has 1 aromatic rings. The minimum atomic E-state index is 0.115. The number of carbonyl (C=O) groups is 1. The second-order valence-corrected chi connectivity index (χ2v) is 6.49. The van der Waals surface area contributed by atoms with Gasteiger partial charge in [-0.1, -0.05) is 49.6 Å². The zero-order chi connectivity index (χ0) is 14.5. The van der Waals surface area contributed by atoms with Crippen LogP contribution in [0.15, 0.2) is 30.3 Å². The molecule has 3 nitrogen and oxygen atoms in total. The van der Waals surface area contributed by atoms with E-state index in [2.05, 4.69) is 22.3 Å². The highest BCUT2D eigenvalue weighted by Gasteiger charge is 2.41. The Bertz CT molecular complexity index is 457. The van der Waals surface area contributed by atoms with Crippen molar-refractivity contribution in [2.75, 3.05) is 19.6 Å². The Kier molecular flexibility index (Phi) is 4.59. The van der Waals surface area contributed by atoms with Gasteiger partial charge < -0.3 is 10.2 Å². The largest absolute Gasteiger partial charge is 0.334 e. The van der Waals surface area contributed by atoms with Crippen LogP contribution in [0.2, 0.25) is 0 Å². The first-order valence-corrected chi connectivity index (χ1v) is 8.35. The highest BCUT2D eigenvalue weighted by molar-refractivity contribution is 5.77. The van der Waals surface area contributed by atoms with E-state index < -0.39 is 0 Å². The lowest BCUT2D eigenvalue weighted by Gasteiger charge is -2.50. The van der Waals surface area contributed by atoms with Gasteiger partial charge in [-0.25, -0.2) is 0 Å². The monoisotopic (exact) mass is 286 g/mol. The van der Waals surface area contributed by atoms with Crippen LogP contribution < -0.4 is 5.32 Å². The summed E-state index contributed by atoms with van der Waals surface area (Å²) in [5.74, 6) is 0.349. The molecule has 2 fully saturated rings. The average Bonchev–Trinajstić information content (AvgIpc) is 2.55. The number of nitrogens with one attached hydrogen (secondary N) is 1. The van der Waals surface area contributed by atoms with E-state index >= 15 is 0 Å². The summed E-state index contributed by atoms with van der Waals surface area (Å²) in [5.41, 5.74) is 1.38. The first kappa shape index (κ1) is 14.6. The molecule has 1 aliphatic carbocycles. The number of amides is 1. The van der Waals surface area contributed by atoms with Crippen molar-refractivity contribution in [3.63, 3.8) is 0 Å². The maximum absolute atomic E-state index is 12.7. The lowest BCUT2D eigenvalue weighted by atomic mass is 9.79. The van der Waals surface area contributed by atoms with Crippen molar-refractivity contribution in [3.8, 4) is 0 Å². The zero-order valence-electron chi connectivity index (χ0n) is 12.8. The summed E-state index contributed by atoms with van der Waals surface area (Å²) < 4.78 is 0. The van der Waals surface area contributed by atoms with Crippen LogP contribution in [-0.4, -0.2) is 36.0 Å². The van der Waals surface area contributed by atoms with Crippen LogP contribution >= 0.6 is 0 Å². The fraction of sp³-hybridized carbons (Fsp3) is 0.611. The van der Waals surface area contributed by atoms with Gasteiger partial charge in [0, 0.05) is 26.1 Å². The van der Waals surface area contributed by atoms with Crippen LogP contribution in [0.4, 0.5) is 0 Å². The molecule has 2 aliphatic rings. The van der Waals surface area contributed by atoms with Crippen molar-refractivity contribution in [2.45, 2.75) is 50.5 Å². The third-order valence-corrected chi connectivity index (χ3v) is 5.09. The number of hydrogen-bond donors (Lipinski definition) is 1. The number of nitrogens with zero attached hydrogens (tertiary/aromatic N) is 1. The molecule has 0 unspecified atom stereocenters. The molecular formula is C18H26N2O. The van der Waals surface area contributed by atoms with E-state index in [0.717, 1.165) is 26.1 Å². The minimum Gasteiger partial charge on any atom is -0.334 e. The standard InChI is InChI=1S/C18H26N2O/c21-17(10-9-16-7-3-1-4-8-16)20-14-13-19-15-18(20)11-5-2-6-12-18/h1,3-4,7-8,19H,2,5-6,9-15H2. The molecule has 0 aromatic heterocycles. The number of benzene rings is 1. The van der Waals surface area contributed by atoms with Gasteiger partial charge in [0.05, 0.1) is 5.54 Å².